The van der Waals surface area contributed by atoms with Crippen LogP contribution in [0.3, 0.4) is 0 Å². The maximum absolute atomic E-state index is 12.9. The molecule has 1 aliphatic carbocycles. The van der Waals surface area contributed by atoms with Crippen LogP contribution in [0.1, 0.15) is 42.5 Å². The highest BCUT2D eigenvalue weighted by molar-refractivity contribution is 7.92. The molecule has 0 atom stereocenters. The fraction of sp³-hybridized carbons (Fsp3) is 0.381. The van der Waals surface area contributed by atoms with Crippen LogP contribution in [0.25, 0.3) is 0 Å². The second-order valence-corrected chi connectivity index (χ2v) is 9.25. The first-order valence-corrected chi connectivity index (χ1v) is 11.4. The number of rotatable bonds is 6. The van der Waals surface area contributed by atoms with Gasteiger partial charge in [-0.25, -0.2) is 8.42 Å². The Hall–Kier alpha value is -2.25. The van der Waals surface area contributed by atoms with E-state index in [1.807, 2.05) is 0 Å². The molecule has 1 saturated carbocycles. The van der Waals surface area contributed by atoms with Crippen molar-refractivity contribution in [3.8, 4) is 5.75 Å². The van der Waals surface area contributed by atoms with E-state index in [2.05, 4.69) is 4.72 Å². The first-order chi connectivity index (χ1) is 13.8. The fourth-order valence-electron chi connectivity index (χ4n) is 3.55. The van der Waals surface area contributed by atoms with E-state index in [0.29, 0.717) is 17.0 Å². The van der Waals surface area contributed by atoms with Crippen LogP contribution in [0.15, 0.2) is 47.4 Å². The number of carbonyl (C=O) groups excluding carboxylic acids is 1. The molecule has 0 spiro atoms. The predicted octanol–water partition coefficient (Wildman–Crippen LogP) is 4.55. The van der Waals surface area contributed by atoms with Crippen LogP contribution in [0.4, 0.5) is 5.69 Å². The van der Waals surface area contributed by atoms with Gasteiger partial charge < -0.3 is 9.64 Å². The van der Waals surface area contributed by atoms with Crippen LogP contribution in [-0.4, -0.2) is 39.4 Å². The lowest BCUT2D eigenvalue weighted by molar-refractivity contribution is 0.0696. The van der Waals surface area contributed by atoms with Crippen molar-refractivity contribution >= 4 is 33.2 Å². The summed E-state index contributed by atoms with van der Waals surface area (Å²) >= 11 is 6.16. The van der Waals surface area contributed by atoms with Gasteiger partial charge in [0.05, 0.1) is 12.1 Å². The Balaban J connectivity index is 1.84. The monoisotopic (exact) mass is 436 g/mol. The van der Waals surface area contributed by atoms with Crippen LogP contribution in [0, 0.1) is 0 Å². The third-order valence-electron chi connectivity index (χ3n) is 5.25. The summed E-state index contributed by atoms with van der Waals surface area (Å²) in [5, 5.41) is 0.0582. The average Bonchev–Trinajstić information content (AvgIpc) is 2.74. The SMILES string of the molecule is COc1ccc(NS(=O)(=O)c2cc(C(=O)N(C)C3CCCCC3)ccc2Cl)cc1. The van der Waals surface area contributed by atoms with Gasteiger partial charge in [0.1, 0.15) is 10.6 Å². The highest BCUT2D eigenvalue weighted by Gasteiger charge is 2.25. The molecule has 8 heteroatoms. The summed E-state index contributed by atoms with van der Waals surface area (Å²) < 4.78 is 33.3. The maximum Gasteiger partial charge on any atom is 0.263 e. The van der Waals surface area contributed by atoms with Crippen molar-refractivity contribution in [2.24, 2.45) is 0 Å². The first-order valence-electron chi connectivity index (χ1n) is 9.55. The molecular weight excluding hydrogens is 412 g/mol. The zero-order valence-electron chi connectivity index (χ0n) is 16.5. The van der Waals surface area contributed by atoms with Crippen molar-refractivity contribution in [1.82, 2.24) is 4.90 Å². The number of nitrogens with zero attached hydrogens (tertiary/aromatic N) is 1. The van der Waals surface area contributed by atoms with Crippen LogP contribution in [-0.2, 0) is 10.0 Å². The second kappa shape index (κ2) is 9.05. The van der Waals surface area contributed by atoms with E-state index in [0.717, 1.165) is 25.7 Å². The molecule has 0 aliphatic heterocycles. The largest absolute Gasteiger partial charge is 0.497 e. The van der Waals surface area contributed by atoms with Gasteiger partial charge in [-0.3, -0.25) is 9.52 Å². The molecule has 1 aliphatic rings. The molecule has 29 heavy (non-hydrogen) atoms. The van der Waals surface area contributed by atoms with E-state index >= 15 is 0 Å². The second-order valence-electron chi connectivity index (χ2n) is 7.19. The van der Waals surface area contributed by atoms with Crippen LogP contribution in [0.5, 0.6) is 5.75 Å². The van der Waals surface area contributed by atoms with Gasteiger partial charge >= 0.3 is 0 Å². The van der Waals surface area contributed by atoms with Gasteiger partial charge in [0, 0.05) is 24.3 Å². The van der Waals surface area contributed by atoms with E-state index in [1.54, 1.807) is 42.3 Å². The summed E-state index contributed by atoms with van der Waals surface area (Å²) in [6.07, 6.45) is 5.35. The van der Waals surface area contributed by atoms with Crippen molar-refractivity contribution in [1.29, 1.82) is 0 Å². The van der Waals surface area contributed by atoms with E-state index in [1.165, 1.54) is 25.7 Å². The van der Waals surface area contributed by atoms with E-state index in [-0.39, 0.29) is 21.9 Å². The maximum atomic E-state index is 12.9. The summed E-state index contributed by atoms with van der Waals surface area (Å²) in [6.45, 7) is 0. The summed E-state index contributed by atoms with van der Waals surface area (Å²) in [6, 6.07) is 11.0. The lowest BCUT2D eigenvalue weighted by Crippen LogP contribution is -2.38. The van der Waals surface area contributed by atoms with Gasteiger partial charge in [0.2, 0.25) is 0 Å². The number of anilines is 1. The molecule has 0 radical (unpaired) electrons. The van der Waals surface area contributed by atoms with Crippen LogP contribution < -0.4 is 9.46 Å². The highest BCUT2D eigenvalue weighted by atomic mass is 35.5. The molecule has 6 nitrogen and oxygen atoms in total. The number of amides is 1. The van der Waals surface area contributed by atoms with Gasteiger partial charge in [-0.1, -0.05) is 30.9 Å². The number of ether oxygens (including phenoxy) is 1. The van der Waals surface area contributed by atoms with E-state index in [4.69, 9.17) is 16.3 Å². The molecule has 0 heterocycles. The minimum Gasteiger partial charge on any atom is -0.497 e. The Morgan fingerprint density at radius 1 is 1.10 bits per heavy atom. The van der Waals surface area contributed by atoms with Gasteiger partial charge in [-0.05, 0) is 55.3 Å². The van der Waals surface area contributed by atoms with Crippen molar-refractivity contribution in [3.63, 3.8) is 0 Å². The molecule has 156 valence electrons. The van der Waals surface area contributed by atoms with Gasteiger partial charge in [0.15, 0.2) is 0 Å². The van der Waals surface area contributed by atoms with Gasteiger partial charge in [-0.15, -0.1) is 0 Å². The number of nitrogens with one attached hydrogen (secondary N) is 1. The molecule has 0 saturated heterocycles. The smallest absolute Gasteiger partial charge is 0.263 e. The van der Waals surface area contributed by atoms with Crippen LogP contribution >= 0.6 is 11.6 Å². The van der Waals surface area contributed by atoms with Crippen molar-refractivity contribution in [2.45, 2.75) is 43.0 Å². The standard InChI is InChI=1S/C21H25ClN2O4S/c1-24(17-6-4-3-5-7-17)21(25)15-8-13-19(22)20(14-15)29(26,27)23-16-9-11-18(28-2)12-10-16/h8-14,17,23H,3-7H2,1-2H3. The zero-order chi connectivity index (χ0) is 21.0. The summed E-state index contributed by atoms with van der Waals surface area (Å²) in [5.41, 5.74) is 0.676. The Kier molecular flexibility index (Phi) is 6.70. The molecule has 0 unspecified atom stereocenters. The quantitative estimate of drug-likeness (QED) is 0.720. The fourth-order valence-corrected chi connectivity index (χ4v) is 5.13. The topological polar surface area (TPSA) is 75.7 Å². The molecule has 1 fully saturated rings. The average molecular weight is 437 g/mol. The lowest BCUT2D eigenvalue weighted by Gasteiger charge is -2.31. The summed E-state index contributed by atoms with van der Waals surface area (Å²) in [7, 11) is -0.656. The molecule has 2 aromatic rings. The molecule has 3 rings (SSSR count). The van der Waals surface area contributed by atoms with Crippen LogP contribution in [0.2, 0.25) is 5.02 Å². The number of hydrogen-bond acceptors (Lipinski definition) is 4. The summed E-state index contributed by atoms with van der Waals surface area (Å²) in [4.78, 5) is 14.5. The zero-order valence-corrected chi connectivity index (χ0v) is 18.1. The Bertz CT molecular complexity index is 971. The third kappa shape index (κ3) is 5.03. The number of hydrogen-bond donors (Lipinski definition) is 1. The van der Waals surface area contributed by atoms with E-state index < -0.39 is 10.0 Å². The molecular formula is C21H25ClN2O4S. The molecule has 0 aromatic heterocycles. The van der Waals surface area contributed by atoms with Gasteiger partial charge in [0.25, 0.3) is 15.9 Å². The molecule has 2 aromatic carbocycles. The van der Waals surface area contributed by atoms with Crippen molar-refractivity contribution in [3.05, 3.63) is 53.1 Å². The minimum absolute atomic E-state index is 0.0582. The summed E-state index contributed by atoms with van der Waals surface area (Å²) in [5.74, 6) is 0.416. The first kappa shape index (κ1) is 21.5. The Labute approximate surface area is 176 Å². The Morgan fingerprint density at radius 2 is 1.76 bits per heavy atom. The number of sulfonamides is 1. The lowest BCUT2D eigenvalue weighted by atomic mass is 9.94. The number of halogens is 1. The minimum atomic E-state index is -3.96. The third-order valence-corrected chi connectivity index (χ3v) is 7.12. The number of carbonyl (C=O) groups is 1. The molecule has 1 amide bonds. The number of benzene rings is 2. The Morgan fingerprint density at radius 3 is 2.38 bits per heavy atom. The van der Waals surface area contributed by atoms with Crippen molar-refractivity contribution < 1.29 is 17.9 Å². The predicted molar refractivity (Wildman–Crippen MR) is 114 cm³/mol. The highest BCUT2D eigenvalue weighted by Crippen LogP contribution is 2.28. The van der Waals surface area contributed by atoms with Gasteiger partial charge in [-0.2, -0.15) is 0 Å². The van der Waals surface area contributed by atoms with E-state index in [9.17, 15) is 13.2 Å². The normalized spacial score (nSPS) is 15.0. The van der Waals surface area contributed by atoms with Crippen molar-refractivity contribution in [2.75, 3.05) is 18.9 Å². The number of methoxy groups -OCH3 is 1. The molecule has 1 N–H and O–H groups in total. The molecule has 0 bridgehead atoms.